The van der Waals surface area contributed by atoms with E-state index in [9.17, 15) is 27.6 Å². The summed E-state index contributed by atoms with van der Waals surface area (Å²) in [5.41, 5.74) is 0.492. The van der Waals surface area contributed by atoms with Crippen molar-refractivity contribution in [3.05, 3.63) is 59.7 Å². The van der Waals surface area contributed by atoms with Gasteiger partial charge in [-0.2, -0.15) is 14.6 Å². The van der Waals surface area contributed by atoms with Crippen LogP contribution in [0.15, 0.2) is 36.9 Å². The Morgan fingerprint density at radius 1 is 1.14 bits per heavy atom. The summed E-state index contributed by atoms with van der Waals surface area (Å²) in [5.74, 6) is -0.966. The molecule has 0 unspecified atom stereocenters. The molecule has 18 heteroatoms. The maximum atomic E-state index is 14.7. The van der Waals surface area contributed by atoms with Gasteiger partial charge in [-0.15, -0.1) is 0 Å². The number of nitrogens with one attached hydrogen (secondary N) is 2. The number of urea groups is 1. The van der Waals surface area contributed by atoms with Crippen molar-refractivity contribution in [2.24, 2.45) is 0 Å². The van der Waals surface area contributed by atoms with Crippen LogP contribution < -0.4 is 20.4 Å². The van der Waals surface area contributed by atoms with Crippen LogP contribution in [0.4, 0.5) is 35.2 Å². The normalized spacial score (nSPS) is 21.7. The van der Waals surface area contributed by atoms with Crippen LogP contribution in [0.2, 0.25) is 0 Å². The second-order valence-corrected chi connectivity index (χ2v) is 12.7. The Morgan fingerprint density at radius 2 is 1.98 bits per heavy atom. The van der Waals surface area contributed by atoms with Crippen LogP contribution >= 0.6 is 0 Å². The second-order valence-electron chi connectivity index (χ2n) is 12.7. The Labute approximate surface area is 277 Å². The third kappa shape index (κ3) is 5.94. The third-order valence-electron chi connectivity index (χ3n) is 9.60. The number of rotatable bonds is 8. The number of amides is 4. The molecule has 4 saturated heterocycles. The lowest BCUT2D eigenvalue weighted by molar-refractivity contribution is -0.120. The first-order valence-electron chi connectivity index (χ1n) is 16.1. The fourth-order valence-electron chi connectivity index (χ4n) is 7.03. The number of likely N-dealkylation sites (tertiary alicyclic amines) is 1. The number of hydrogen-bond acceptors (Lipinski definition) is 10. The molecule has 2 atom stereocenters. The van der Waals surface area contributed by atoms with Crippen molar-refractivity contribution >= 4 is 40.7 Å². The summed E-state index contributed by atoms with van der Waals surface area (Å²) in [4.78, 5) is 51.2. The minimum Gasteiger partial charge on any atom is -0.374 e. The number of carbonyl (C=O) groups excluding carboxylic acids is 3. The zero-order valence-corrected chi connectivity index (χ0v) is 26.1. The molecule has 4 aliphatic rings. The van der Waals surface area contributed by atoms with E-state index in [-0.39, 0.29) is 54.9 Å². The van der Waals surface area contributed by atoms with E-state index >= 15 is 0 Å². The van der Waals surface area contributed by atoms with E-state index in [0.717, 1.165) is 6.42 Å². The smallest absolute Gasteiger partial charge is 0.328 e. The number of nitrogens with zero attached hydrogens (tertiary/aromatic N) is 9. The van der Waals surface area contributed by atoms with Crippen molar-refractivity contribution in [2.75, 3.05) is 47.9 Å². The van der Waals surface area contributed by atoms with E-state index in [4.69, 9.17) is 4.74 Å². The minimum atomic E-state index is -2.93. The Bertz CT molecular complexity index is 1940. The van der Waals surface area contributed by atoms with E-state index in [1.807, 2.05) is 11.0 Å². The average Bonchev–Trinajstić information content (AvgIpc) is 3.90. The van der Waals surface area contributed by atoms with Crippen molar-refractivity contribution in [2.45, 2.75) is 56.8 Å². The molecule has 8 rings (SSSR count). The fraction of sp³-hybridized carbons (Fsp3) is 0.452. The van der Waals surface area contributed by atoms with Gasteiger partial charge in [0.05, 0.1) is 48.6 Å². The molecular formula is C31H32F3N11O4. The topological polar surface area (TPSA) is 155 Å². The quantitative estimate of drug-likeness (QED) is 0.266. The van der Waals surface area contributed by atoms with Gasteiger partial charge in [-0.05, 0) is 31.4 Å². The molecule has 0 aliphatic carbocycles. The molecule has 0 radical (unpaired) electrons. The Kier molecular flexibility index (Phi) is 7.90. The van der Waals surface area contributed by atoms with Gasteiger partial charge in [0, 0.05) is 57.1 Å². The number of halogens is 3. The predicted octanol–water partition coefficient (Wildman–Crippen LogP) is 2.91. The number of aromatic nitrogens is 6. The number of alkyl halides is 2. The van der Waals surface area contributed by atoms with Gasteiger partial charge in [-0.1, -0.05) is 0 Å². The standard InChI is InChI=1S/C31H32F3N11O4/c32-27(33)26-23(37-30(47)22-12-36-44-8-3-24(38-29(22)44)43-14-21-10-20(43)16-49-21)15-45(40-26)18-1-5-41(6-2-18)13-17-9-19(11-35-28(17)34)42-7-4-25(46)39-31(42)48/h3,8-9,11-12,15,18,20-21,27H,1-2,4-7,10,13-14,16H2,(H,37,47)(H,39,46,48)/t20-,21-/m1/s1. The number of ether oxygens (including phenoxy) is 1. The number of hydrogen-bond donors (Lipinski definition) is 2. The molecule has 2 bridgehead atoms. The number of carbonyl (C=O) groups is 3. The largest absolute Gasteiger partial charge is 0.374 e. The molecule has 0 spiro atoms. The summed E-state index contributed by atoms with van der Waals surface area (Å²) < 4.78 is 51.6. The number of morpholine rings is 1. The summed E-state index contributed by atoms with van der Waals surface area (Å²) >= 11 is 0. The minimum absolute atomic E-state index is 0.0969. The number of anilines is 3. The number of piperidine rings is 1. The highest BCUT2D eigenvalue weighted by Gasteiger charge is 2.40. The Hall–Kier alpha value is -5.10. The number of imide groups is 1. The highest BCUT2D eigenvalue weighted by Crippen LogP contribution is 2.33. The van der Waals surface area contributed by atoms with Gasteiger partial charge < -0.3 is 15.0 Å². The maximum absolute atomic E-state index is 14.7. The average molecular weight is 680 g/mol. The molecule has 2 N–H and O–H groups in total. The zero-order valence-electron chi connectivity index (χ0n) is 26.1. The van der Waals surface area contributed by atoms with Gasteiger partial charge in [-0.3, -0.25) is 29.4 Å². The fourth-order valence-corrected chi connectivity index (χ4v) is 7.03. The van der Waals surface area contributed by atoms with Crippen LogP contribution in [-0.4, -0.2) is 97.0 Å². The molecule has 0 saturated carbocycles. The molecule has 4 aromatic heterocycles. The van der Waals surface area contributed by atoms with Crippen molar-refractivity contribution < 1.29 is 32.3 Å². The molecule has 15 nitrogen and oxygen atoms in total. The van der Waals surface area contributed by atoms with Crippen LogP contribution in [0, 0.1) is 5.95 Å². The summed E-state index contributed by atoms with van der Waals surface area (Å²) in [6.45, 7) is 2.75. The van der Waals surface area contributed by atoms with E-state index in [1.165, 1.54) is 32.7 Å². The van der Waals surface area contributed by atoms with Crippen molar-refractivity contribution in [3.63, 3.8) is 0 Å². The molecule has 4 fully saturated rings. The first-order chi connectivity index (χ1) is 23.7. The van der Waals surface area contributed by atoms with Crippen LogP contribution in [0.3, 0.4) is 0 Å². The monoisotopic (exact) mass is 679 g/mol. The van der Waals surface area contributed by atoms with Gasteiger partial charge in [0.2, 0.25) is 11.9 Å². The van der Waals surface area contributed by atoms with Crippen LogP contribution in [0.1, 0.15) is 59.8 Å². The predicted molar refractivity (Wildman–Crippen MR) is 167 cm³/mol. The van der Waals surface area contributed by atoms with E-state index in [1.54, 1.807) is 12.3 Å². The molecule has 4 amide bonds. The van der Waals surface area contributed by atoms with Crippen LogP contribution in [-0.2, 0) is 16.1 Å². The highest BCUT2D eigenvalue weighted by molar-refractivity contribution is 6.08. The molecule has 49 heavy (non-hydrogen) atoms. The third-order valence-corrected chi connectivity index (χ3v) is 9.60. The number of pyridine rings is 1. The van der Waals surface area contributed by atoms with Crippen molar-refractivity contribution in [3.8, 4) is 0 Å². The number of fused-ring (bicyclic) bond motifs is 3. The molecule has 4 aliphatic heterocycles. The summed E-state index contributed by atoms with van der Waals surface area (Å²) in [6.07, 6.45) is 5.11. The molecule has 0 aromatic carbocycles. The molecule has 4 aromatic rings. The molecule has 8 heterocycles. The van der Waals surface area contributed by atoms with Gasteiger partial charge in [0.15, 0.2) is 11.3 Å². The van der Waals surface area contributed by atoms with Crippen LogP contribution in [0.25, 0.3) is 5.65 Å². The summed E-state index contributed by atoms with van der Waals surface area (Å²) in [6, 6.07) is 2.78. The highest BCUT2D eigenvalue weighted by atomic mass is 19.3. The van der Waals surface area contributed by atoms with Gasteiger partial charge in [0.25, 0.3) is 12.3 Å². The molecular weight excluding hydrogens is 647 g/mol. The summed E-state index contributed by atoms with van der Waals surface area (Å²) in [7, 11) is 0. The van der Waals surface area contributed by atoms with Gasteiger partial charge in [-0.25, -0.2) is 28.1 Å². The maximum Gasteiger partial charge on any atom is 0.328 e. The first-order valence-corrected chi connectivity index (χ1v) is 16.1. The zero-order chi connectivity index (χ0) is 33.8. The van der Waals surface area contributed by atoms with Crippen LogP contribution in [0.5, 0.6) is 0 Å². The lowest BCUT2D eigenvalue weighted by atomic mass is 10.0. The van der Waals surface area contributed by atoms with E-state index < -0.39 is 30.0 Å². The van der Waals surface area contributed by atoms with Crippen molar-refractivity contribution in [1.29, 1.82) is 0 Å². The Morgan fingerprint density at radius 3 is 2.71 bits per heavy atom. The summed E-state index contributed by atoms with van der Waals surface area (Å²) in [5, 5.41) is 13.2. The SMILES string of the molecule is O=C1CCN(c2cnc(F)c(CN3CCC(n4cc(NC(=O)c5cnn6ccc(N7C[C@H]8C[C@@H]7CO8)nc56)c(C(F)F)n4)CC3)c2)C(=O)N1. The van der Waals surface area contributed by atoms with Gasteiger partial charge in [0.1, 0.15) is 11.4 Å². The molecule has 256 valence electrons. The first kappa shape index (κ1) is 31.2. The van der Waals surface area contributed by atoms with Crippen molar-refractivity contribution in [1.82, 2.24) is 39.6 Å². The lowest BCUT2D eigenvalue weighted by Gasteiger charge is -2.32. The van der Waals surface area contributed by atoms with E-state index in [0.29, 0.717) is 61.8 Å². The Balaban J connectivity index is 0.935. The second kappa shape index (κ2) is 12.4. The van der Waals surface area contributed by atoms with E-state index in [2.05, 4.69) is 35.7 Å². The lowest BCUT2D eigenvalue weighted by Crippen LogP contribution is -2.49. The van der Waals surface area contributed by atoms with Gasteiger partial charge >= 0.3 is 6.03 Å².